The van der Waals surface area contributed by atoms with Gasteiger partial charge in [-0.15, -0.1) is 0 Å². The van der Waals surface area contributed by atoms with Gasteiger partial charge in [0, 0.05) is 4.47 Å². The summed E-state index contributed by atoms with van der Waals surface area (Å²) in [6.45, 7) is 0.00417. The van der Waals surface area contributed by atoms with E-state index in [1.807, 2.05) is 0 Å². The van der Waals surface area contributed by atoms with Crippen LogP contribution in [0, 0.1) is 0 Å². The fourth-order valence-electron chi connectivity index (χ4n) is 1.37. The normalized spacial score (nSPS) is 13.3. The van der Waals surface area contributed by atoms with Crippen LogP contribution in [0.2, 0.25) is 0 Å². The summed E-state index contributed by atoms with van der Waals surface area (Å²) in [6.07, 6.45) is -0.107. The summed E-state index contributed by atoms with van der Waals surface area (Å²) in [6, 6.07) is 5.95. The molecule has 3 N–H and O–H groups in total. The minimum absolute atomic E-state index is 0.00417. The molecule has 94 valence electrons. The monoisotopic (exact) mass is 321 g/mol. The largest absolute Gasteiger partial charge is 0.480 e. The second-order valence-electron chi connectivity index (χ2n) is 3.41. The Labute approximate surface area is 108 Å². The van der Waals surface area contributed by atoms with Gasteiger partial charge in [-0.2, -0.15) is 0 Å². The first-order valence-corrected chi connectivity index (χ1v) is 7.16. The van der Waals surface area contributed by atoms with Crippen molar-refractivity contribution in [2.45, 2.75) is 16.6 Å². The van der Waals surface area contributed by atoms with Gasteiger partial charge in [-0.25, -0.2) is 8.42 Å². The first-order chi connectivity index (χ1) is 7.89. The number of hydrogen-bond acceptors (Lipinski definition) is 4. The van der Waals surface area contributed by atoms with E-state index in [0.29, 0.717) is 4.47 Å². The standard InChI is InChI=1S/C10H12BrNO4S/c11-7-2-1-3-8(6-7)17(15,16)9(4-5-12)10(13)14/h1-3,6,9H,4-5,12H2,(H,13,14). The lowest BCUT2D eigenvalue weighted by Gasteiger charge is -2.12. The third-order valence-corrected chi connectivity index (χ3v) is 4.79. The quantitative estimate of drug-likeness (QED) is 0.844. The number of hydrogen-bond donors (Lipinski definition) is 2. The molecule has 0 bridgehead atoms. The molecule has 1 aromatic carbocycles. The van der Waals surface area contributed by atoms with E-state index >= 15 is 0 Å². The van der Waals surface area contributed by atoms with Crippen molar-refractivity contribution in [1.82, 2.24) is 0 Å². The minimum atomic E-state index is -3.89. The number of sulfone groups is 1. The summed E-state index contributed by atoms with van der Waals surface area (Å²) in [7, 11) is -3.89. The molecule has 0 aliphatic rings. The van der Waals surface area contributed by atoms with Crippen LogP contribution in [0.25, 0.3) is 0 Å². The lowest BCUT2D eigenvalue weighted by atomic mass is 10.3. The summed E-state index contributed by atoms with van der Waals surface area (Å²) in [4.78, 5) is 10.9. The van der Waals surface area contributed by atoms with Crippen LogP contribution in [-0.4, -0.2) is 31.3 Å². The maximum absolute atomic E-state index is 12.1. The van der Waals surface area contributed by atoms with Gasteiger partial charge in [0.1, 0.15) is 0 Å². The van der Waals surface area contributed by atoms with Crippen molar-refractivity contribution >= 4 is 31.7 Å². The molecule has 0 amide bonds. The fourth-order valence-corrected chi connectivity index (χ4v) is 3.52. The summed E-state index contributed by atoms with van der Waals surface area (Å²) >= 11 is 3.14. The third-order valence-electron chi connectivity index (χ3n) is 2.20. The van der Waals surface area contributed by atoms with Crippen LogP contribution in [-0.2, 0) is 14.6 Å². The highest BCUT2D eigenvalue weighted by atomic mass is 79.9. The third kappa shape index (κ3) is 3.27. The van der Waals surface area contributed by atoms with E-state index in [1.165, 1.54) is 12.1 Å². The topological polar surface area (TPSA) is 97.5 Å². The van der Waals surface area contributed by atoms with E-state index < -0.39 is 21.1 Å². The fraction of sp³-hybridized carbons (Fsp3) is 0.300. The van der Waals surface area contributed by atoms with Crippen LogP contribution in [0.1, 0.15) is 6.42 Å². The highest BCUT2D eigenvalue weighted by Gasteiger charge is 2.33. The molecule has 0 heterocycles. The van der Waals surface area contributed by atoms with Crippen LogP contribution in [0.3, 0.4) is 0 Å². The molecule has 1 atom stereocenters. The van der Waals surface area contributed by atoms with Crippen molar-refractivity contribution in [1.29, 1.82) is 0 Å². The van der Waals surface area contributed by atoms with Gasteiger partial charge < -0.3 is 10.8 Å². The molecule has 17 heavy (non-hydrogen) atoms. The Kier molecular flexibility index (Phi) is 4.67. The van der Waals surface area contributed by atoms with Crippen molar-refractivity contribution in [3.63, 3.8) is 0 Å². The van der Waals surface area contributed by atoms with E-state index in [2.05, 4.69) is 15.9 Å². The summed E-state index contributed by atoms with van der Waals surface area (Å²) < 4.78 is 24.7. The van der Waals surface area contributed by atoms with E-state index in [4.69, 9.17) is 10.8 Å². The zero-order valence-electron chi connectivity index (χ0n) is 8.84. The maximum atomic E-state index is 12.1. The van der Waals surface area contributed by atoms with Gasteiger partial charge in [0.2, 0.25) is 0 Å². The van der Waals surface area contributed by atoms with Gasteiger partial charge in [0.25, 0.3) is 0 Å². The number of nitrogens with two attached hydrogens (primary N) is 1. The first kappa shape index (κ1) is 14.1. The molecule has 0 spiro atoms. The van der Waals surface area contributed by atoms with Gasteiger partial charge in [-0.3, -0.25) is 4.79 Å². The minimum Gasteiger partial charge on any atom is -0.480 e. The molecule has 0 aliphatic heterocycles. The SMILES string of the molecule is NCCC(C(=O)O)S(=O)(=O)c1cccc(Br)c1. The molecule has 0 saturated heterocycles. The molecule has 1 unspecified atom stereocenters. The summed E-state index contributed by atoms with van der Waals surface area (Å²) in [5.74, 6) is -1.38. The van der Waals surface area contributed by atoms with Crippen molar-refractivity contribution in [2.24, 2.45) is 5.73 Å². The van der Waals surface area contributed by atoms with Crippen molar-refractivity contribution in [3.8, 4) is 0 Å². The summed E-state index contributed by atoms with van der Waals surface area (Å²) in [5.41, 5.74) is 5.23. The van der Waals surface area contributed by atoms with E-state index in [-0.39, 0.29) is 17.9 Å². The van der Waals surface area contributed by atoms with Crippen LogP contribution in [0.5, 0.6) is 0 Å². The van der Waals surface area contributed by atoms with Crippen LogP contribution in [0.4, 0.5) is 0 Å². The Morgan fingerprint density at radius 2 is 2.12 bits per heavy atom. The molecular weight excluding hydrogens is 310 g/mol. The van der Waals surface area contributed by atoms with Crippen molar-refractivity contribution in [2.75, 3.05) is 6.54 Å². The molecular formula is C10H12BrNO4S. The average Bonchev–Trinajstić information content (AvgIpc) is 2.25. The smallest absolute Gasteiger partial charge is 0.322 e. The number of carboxylic acid groups (broad SMARTS) is 1. The summed E-state index contributed by atoms with van der Waals surface area (Å²) in [5, 5.41) is 7.43. The van der Waals surface area contributed by atoms with Crippen LogP contribution >= 0.6 is 15.9 Å². The van der Waals surface area contributed by atoms with Crippen LogP contribution in [0.15, 0.2) is 33.6 Å². The molecule has 7 heteroatoms. The van der Waals surface area contributed by atoms with Crippen LogP contribution < -0.4 is 5.73 Å². The molecule has 0 aliphatic carbocycles. The highest BCUT2D eigenvalue weighted by molar-refractivity contribution is 9.10. The predicted molar refractivity (Wildman–Crippen MR) is 66.4 cm³/mol. The number of carboxylic acids is 1. The second-order valence-corrected chi connectivity index (χ2v) is 6.45. The van der Waals surface area contributed by atoms with Gasteiger partial charge in [-0.05, 0) is 31.2 Å². The number of halogens is 1. The molecule has 5 nitrogen and oxygen atoms in total. The number of rotatable bonds is 5. The predicted octanol–water partition coefficient (Wildman–Crippen LogP) is 1.02. The number of aliphatic carboxylic acids is 1. The maximum Gasteiger partial charge on any atom is 0.322 e. The molecule has 0 fully saturated rings. The van der Waals surface area contributed by atoms with E-state index in [9.17, 15) is 13.2 Å². The van der Waals surface area contributed by atoms with Gasteiger partial charge in [-0.1, -0.05) is 22.0 Å². The lowest BCUT2D eigenvalue weighted by Crippen LogP contribution is -2.32. The number of benzene rings is 1. The average molecular weight is 322 g/mol. The Bertz CT molecular complexity index is 515. The molecule has 0 radical (unpaired) electrons. The zero-order chi connectivity index (χ0) is 13.1. The second kappa shape index (κ2) is 5.61. The van der Waals surface area contributed by atoms with Gasteiger partial charge in [0.05, 0.1) is 4.90 Å². The first-order valence-electron chi connectivity index (χ1n) is 4.82. The van der Waals surface area contributed by atoms with Crippen molar-refractivity contribution < 1.29 is 18.3 Å². The zero-order valence-corrected chi connectivity index (χ0v) is 11.2. The number of carbonyl (C=O) groups is 1. The van der Waals surface area contributed by atoms with Crippen molar-refractivity contribution in [3.05, 3.63) is 28.7 Å². The Morgan fingerprint density at radius 1 is 1.47 bits per heavy atom. The van der Waals surface area contributed by atoms with E-state index in [0.717, 1.165) is 0 Å². The van der Waals surface area contributed by atoms with Gasteiger partial charge in [0.15, 0.2) is 15.1 Å². The Morgan fingerprint density at radius 3 is 2.59 bits per heavy atom. The molecule has 0 aromatic heterocycles. The Hall–Kier alpha value is -0.920. The highest BCUT2D eigenvalue weighted by Crippen LogP contribution is 2.21. The molecule has 1 aromatic rings. The Balaban J connectivity index is 3.21. The molecule has 0 saturated carbocycles. The lowest BCUT2D eigenvalue weighted by molar-refractivity contribution is -0.136. The van der Waals surface area contributed by atoms with E-state index in [1.54, 1.807) is 12.1 Å². The molecule has 1 rings (SSSR count). The van der Waals surface area contributed by atoms with Gasteiger partial charge >= 0.3 is 5.97 Å².